The number of unbranched alkanes of at least 4 members (excludes halogenated alkanes) is 1. The number of anilines is 2. The monoisotopic (exact) mass is 368 g/mol. The molecule has 5 nitrogen and oxygen atoms in total. The molecule has 134 valence electrons. The number of nitrogens with two attached hydrogens (primary N) is 2. The molecule has 6 heteroatoms. The molecule has 1 aromatic heterocycles. The highest BCUT2D eigenvalue weighted by Gasteiger charge is 2.14. The number of hydrogen-bond acceptors (Lipinski definition) is 5. The number of nitrogen functional groups attached to an aromatic ring is 2. The number of aromatic nitrogens is 2. The van der Waals surface area contributed by atoms with Crippen LogP contribution in [0.25, 0.3) is 11.1 Å². The number of aryl methyl sites for hydroxylation is 1. The Bertz CT molecular complexity index is 871. The van der Waals surface area contributed by atoms with Gasteiger partial charge in [-0.05, 0) is 49.1 Å². The third-order valence-corrected chi connectivity index (χ3v) is 4.20. The highest BCUT2D eigenvalue weighted by molar-refractivity contribution is 6.30. The largest absolute Gasteiger partial charge is 0.494 e. The molecule has 0 bridgehead atoms. The lowest BCUT2D eigenvalue weighted by atomic mass is 10.0. The predicted molar refractivity (Wildman–Crippen MR) is 106 cm³/mol. The first-order valence-corrected chi connectivity index (χ1v) is 8.87. The summed E-state index contributed by atoms with van der Waals surface area (Å²) in [6, 6.07) is 17.3. The van der Waals surface area contributed by atoms with Crippen molar-refractivity contribution in [1.82, 2.24) is 9.97 Å². The number of nitrogens with zero attached hydrogens (tertiary/aromatic N) is 2. The van der Waals surface area contributed by atoms with Crippen LogP contribution in [-0.4, -0.2) is 16.6 Å². The molecule has 4 N–H and O–H groups in total. The minimum absolute atomic E-state index is 0.184. The summed E-state index contributed by atoms with van der Waals surface area (Å²) in [5.74, 6) is 1.43. The fourth-order valence-corrected chi connectivity index (χ4v) is 2.98. The fraction of sp³-hybridized carbons (Fsp3) is 0.200. The van der Waals surface area contributed by atoms with E-state index < -0.39 is 0 Å². The minimum atomic E-state index is 0.184. The van der Waals surface area contributed by atoms with Crippen molar-refractivity contribution in [3.8, 4) is 16.9 Å². The number of rotatable bonds is 7. The summed E-state index contributed by atoms with van der Waals surface area (Å²) in [6.07, 6.45) is 2.53. The molecule has 26 heavy (non-hydrogen) atoms. The van der Waals surface area contributed by atoms with Gasteiger partial charge in [0.1, 0.15) is 11.6 Å². The first-order valence-electron chi connectivity index (χ1n) is 8.49. The van der Waals surface area contributed by atoms with E-state index in [9.17, 15) is 0 Å². The van der Waals surface area contributed by atoms with E-state index in [-0.39, 0.29) is 5.95 Å². The zero-order valence-electron chi connectivity index (χ0n) is 14.4. The van der Waals surface area contributed by atoms with E-state index in [0.717, 1.165) is 41.8 Å². The molecule has 0 aliphatic rings. The van der Waals surface area contributed by atoms with Gasteiger partial charge in [0, 0.05) is 10.6 Å². The summed E-state index contributed by atoms with van der Waals surface area (Å²) in [6.45, 7) is 0.645. The Balaban J connectivity index is 1.67. The molecule has 0 saturated heterocycles. The molecule has 1 heterocycles. The summed E-state index contributed by atoms with van der Waals surface area (Å²) < 4.78 is 5.72. The van der Waals surface area contributed by atoms with Crippen molar-refractivity contribution >= 4 is 23.4 Å². The third-order valence-electron chi connectivity index (χ3n) is 3.96. The molecule has 0 aliphatic carbocycles. The molecule has 0 amide bonds. The van der Waals surface area contributed by atoms with Gasteiger partial charge in [-0.1, -0.05) is 41.9 Å². The molecule has 0 spiro atoms. The van der Waals surface area contributed by atoms with E-state index in [1.54, 1.807) is 0 Å². The van der Waals surface area contributed by atoms with Crippen LogP contribution in [0.1, 0.15) is 18.5 Å². The van der Waals surface area contributed by atoms with Gasteiger partial charge in [0.05, 0.1) is 12.3 Å². The zero-order chi connectivity index (χ0) is 18.4. The topological polar surface area (TPSA) is 87.0 Å². The van der Waals surface area contributed by atoms with Gasteiger partial charge in [0.15, 0.2) is 0 Å². The summed E-state index contributed by atoms with van der Waals surface area (Å²) >= 11 is 6.11. The van der Waals surface area contributed by atoms with Gasteiger partial charge in [-0.15, -0.1) is 0 Å². The van der Waals surface area contributed by atoms with Crippen LogP contribution in [0.3, 0.4) is 0 Å². The summed E-state index contributed by atoms with van der Waals surface area (Å²) in [5, 5.41) is 0.640. The van der Waals surface area contributed by atoms with Crippen LogP contribution in [0.5, 0.6) is 5.75 Å². The molecule has 0 unspecified atom stereocenters. The van der Waals surface area contributed by atoms with Crippen LogP contribution in [0.15, 0.2) is 54.6 Å². The van der Waals surface area contributed by atoms with E-state index in [2.05, 4.69) is 9.97 Å². The third kappa shape index (κ3) is 4.64. The average molecular weight is 369 g/mol. The number of halogens is 1. The Kier molecular flexibility index (Phi) is 5.92. The molecule has 0 atom stereocenters. The maximum atomic E-state index is 6.11. The number of benzene rings is 2. The standard InChI is InChI=1S/C20H21ClN4O/c21-15-8-6-7-14(13-15)18-17(24-20(23)25-19(18)22)11-4-5-12-26-16-9-2-1-3-10-16/h1-3,6-10,13H,4-5,11-12H2,(H4,22,23,24,25). The average Bonchev–Trinajstić information content (AvgIpc) is 2.62. The van der Waals surface area contributed by atoms with Gasteiger partial charge >= 0.3 is 0 Å². The molecule has 3 rings (SSSR count). The Labute approximate surface area is 158 Å². The number of ether oxygens (including phenoxy) is 1. The molecule has 0 fully saturated rings. The van der Waals surface area contributed by atoms with Crippen LogP contribution in [0, 0.1) is 0 Å². The van der Waals surface area contributed by atoms with Gasteiger partial charge in [-0.3, -0.25) is 0 Å². The Morgan fingerprint density at radius 3 is 2.50 bits per heavy atom. The van der Waals surface area contributed by atoms with E-state index in [4.69, 9.17) is 27.8 Å². The highest BCUT2D eigenvalue weighted by Crippen LogP contribution is 2.30. The van der Waals surface area contributed by atoms with Gasteiger partial charge in [-0.25, -0.2) is 4.98 Å². The molecule has 0 radical (unpaired) electrons. The lowest BCUT2D eigenvalue weighted by molar-refractivity contribution is 0.307. The van der Waals surface area contributed by atoms with Crippen molar-refractivity contribution in [1.29, 1.82) is 0 Å². The van der Waals surface area contributed by atoms with E-state index in [1.165, 1.54) is 0 Å². The van der Waals surface area contributed by atoms with Gasteiger partial charge in [0.2, 0.25) is 5.95 Å². The highest BCUT2D eigenvalue weighted by atomic mass is 35.5. The van der Waals surface area contributed by atoms with Crippen LogP contribution >= 0.6 is 11.6 Å². The molecular weight excluding hydrogens is 348 g/mol. The summed E-state index contributed by atoms with van der Waals surface area (Å²) in [7, 11) is 0. The lowest BCUT2D eigenvalue weighted by Gasteiger charge is -2.12. The minimum Gasteiger partial charge on any atom is -0.494 e. The first kappa shape index (κ1) is 18.0. The van der Waals surface area contributed by atoms with E-state index >= 15 is 0 Å². The molecule has 3 aromatic rings. The molecule has 2 aromatic carbocycles. The van der Waals surface area contributed by atoms with Crippen LogP contribution in [-0.2, 0) is 6.42 Å². The Morgan fingerprint density at radius 2 is 1.73 bits per heavy atom. The van der Waals surface area contributed by atoms with Crippen molar-refractivity contribution in [2.24, 2.45) is 0 Å². The molecular formula is C20H21ClN4O. The Morgan fingerprint density at radius 1 is 0.923 bits per heavy atom. The molecule has 0 aliphatic heterocycles. The van der Waals surface area contributed by atoms with Crippen LogP contribution in [0.4, 0.5) is 11.8 Å². The van der Waals surface area contributed by atoms with E-state index in [0.29, 0.717) is 17.4 Å². The van der Waals surface area contributed by atoms with Crippen molar-refractivity contribution in [3.63, 3.8) is 0 Å². The van der Waals surface area contributed by atoms with E-state index in [1.807, 2.05) is 54.6 Å². The number of para-hydroxylation sites is 1. The maximum absolute atomic E-state index is 6.11. The second-order valence-electron chi connectivity index (χ2n) is 5.92. The molecule has 0 saturated carbocycles. The first-order chi connectivity index (χ1) is 12.6. The van der Waals surface area contributed by atoms with Crippen LogP contribution in [0.2, 0.25) is 5.02 Å². The van der Waals surface area contributed by atoms with Crippen molar-refractivity contribution in [3.05, 3.63) is 65.3 Å². The zero-order valence-corrected chi connectivity index (χ0v) is 15.1. The summed E-state index contributed by atoms with van der Waals surface area (Å²) in [5.41, 5.74) is 14.4. The van der Waals surface area contributed by atoms with Crippen LogP contribution < -0.4 is 16.2 Å². The predicted octanol–water partition coefficient (Wildman–Crippen LogP) is 4.36. The summed E-state index contributed by atoms with van der Waals surface area (Å²) in [4.78, 5) is 8.50. The Hall–Kier alpha value is -2.79. The SMILES string of the molecule is Nc1nc(N)c(-c2cccc(Cl)c2)c(CCCCOc2ccccc2)n1. The quantitative estimate of drug-likeness (QED) is 0.605. The fourth-order valence-electron chi connectivity index (χ4n) is 2.79. The van der Waals surface area contributed by atoms with Gasteiger partial charge < -0.3 is 16.2 Å². The lowest BCUT2D eigenvalue weighted by Crippen LogP contribution is -2.07. The number of hydrogen-bond donors (Lipinski definition) is 2. The second kappa shape index (κ2) is 8.54. The normalized spacial score (nSPS) is 10.7. The van der Waals surface area contributed by atoms with Gasteiger partial charge in [0.25, 0.3) is 0 Å². The van der Waals surface area contributed by atoms with Gasteiger partial charge in [-0.2, -0.15) is 4.98 Å². The van der Waals surface area contributed by atoms with Crippen molar-refractivity contribution < 1.29 is 4.74 Å². The maximum Gasteiger partial charge on any atom is 0.222 e. The smallest absolute Gasteiger partial charge is 0.222 e. The van der Waals surface area contributed by atoms with Crippen molar-refractivity contribution in [2.75, 3.05) is 18.1 Å². The van der Waals surface area contributed by atoms with Crippen molar-refractivity contribution in [2.45, 2.75) is 19.3 Å². The second-order valence-corrected chi connectivity index (χ2v) is 6.35.